The summed E-state index contributed by atoms with van der Waals surface area (Å²) in [5, 5.41) is 22.7. The van der Waals surface area contributed by atoms with Crippen molar-refractivity contribution in [3.63, 3.8) is 0 Å². The molecule has 0 amide bonds. The number of fused-ring (bicyclic) bond motifs is 2. The minimum atomic E-state index is -0.666. The van der Waals surface area contributed by atoms with Crippen molar-refractivity contribution in [2.45, 2.75) is 39.3 Å². The maximum Gasteiger partial charge on any atom is 0.197 e. The zero-order valence-electron chi connectivity index (χ0n) is 22.4. The third kappa shape index (κ3) is 5.14. The highest BCUT2D eigenvalue weighted by molar-refractivity contribution is 8.93. The van der Waals surface area contributed by atoms with Crippen LogP contribution in [0.3, 0.4) is 0 Å². The number of carbonyl (C=O) groups is 1. The van der Waals surface area contributed by atoms with Crippen molar-refractivity contribution >= 4 is 34.3 Å². The number of nitrogens with one attached hydrogen (secondary N) is 2. The number of aromatic amines is 1. The van der Waals surface area contributed by atoms with E-state index in [0.717, 1.165) is 17.0 Å². The molecule has 2 aliphatic rings. The number of hydrogen-bond donors (Lipinski definition) is 2. The summed E-state index contributed by atoms with van der Waals surface area (Å²) in [6.45, 7) is 7.84. The highest BCUT2D eigenvalue weighted by Gasteiger charge is 2.34. The number of tetrazole rings is 1. The topological polar surface area (TPSA) is 130 Å². The summed E-state index contributed by atoms with van der Waals surface area (Å²) in [5.41, 5.74) is 2.56. The van der Waals surface area contributed by atoms with Crippen molar-refractivity contribution in [2.75, 3.05) is 38.8 Å². The molecule has 0 radical (unpaired) electrons. The monoisotopic (exact) mass is 603 g/mol. The molecule has 5 rings (SSSR count). The number of nitrogens with zero attached hydrogens (tertiary/aromatic N) is 5. The molecule has 0 bridgehead atoms. The summed E-state index contributed by atoms with van der Waals surface area (Å²) in [6, 6.07) is 5.33. The number of methoxy groups -OCH3 is 2. The van der Waals surface area contributed by atoms with E-state index in [-0.39, 0.29) is 64.2 Å². The fourth-order valence-electron chi connectivity index (χ4n) is 4.91. The van der Waals surface area contributed by atoms with Gasteiger partial charge in [0.1, 0.15) is 18.2 Å². The SMILES string of the molecule is Br.COc1cc2c(c(F)c1OC)C(=N)N(CC(=O)c1cc3c(c(C(C)(C)C)c1)OCCN3Cc1nnn[nH]1)C2. The molecule has 0 unspecified atom stereocenters. The summed E-state index contributed by atoms with van der Waals surface area (Å²) in [5.74, 6) is 0.594. The number of rotatable bonds is 7. The molecule has 3 aromatic rings. The third-order valence-electron chi connectivity index (χ3n) is 6.82. The van der Waals surface area contributed by atoms with Gasteiger partial charge in [-0.1, -0.05) is 20.8 Å². The van der Waals surface area contributed by atoms with Crippen LogP contribution in [-0.4, -0.2) is 71.1 Å². The predicted molar refractivity (Wildman–Crippen MR) is 147 cm³/mol. The molecular weight excluding hydrogens is 573 g/mol. The van der Waals surface area contributed by atoms with Gasteiger partial charge in [0.15, 0.2) is 28.9 Å². The standard InChI is InChI=1S/C26H30FN7O4.BrH/c1-26(2,3)16-8-14(9-17-23(16)38-7-6-33(17)13-20-29-31-32-30-20)18(35)12-34-11-15-10-19(36-4)24(37-5)22(27)21(15)25(34)28;/h8-10,28H,6-7,11-13H2,1-5H3,(H,29,30,31,32);1H. The van der Waals surface area contributed by atoms with Crippen LogP contribution in [0.2, 0.25) is 0 Å². The average molecular weight is 604 g/mol. The van der Waals surface area contributed by atoms with Crippen LogP contribution in [0.4, 0.5) is 10.1 Å². The van der Waals surface area contributed by atoms with E-state index in [9.17, 15) is 4.79 Å². The molecule has 208 valence electrons. The zero-order chi connectivity index (χ0) is 27.2. The highest BCUT2D eigenvalue weighted by atomic mass is 79.9. The quantitative estimate of drug-likeness (QED) is 0.388. The Balaban J connectivity index is 0.00000353. The van der Waals surface area contributed by atoms with Gasteiger partial charge in [0.2, 0.25) is 0 Å². The largest absolute Gasteiger partial charge is 0.493 e. The molecule has 0 saturated carbocycles. The van der Waals surface area contributed by atoms with Crippen molar-refractivity contribution in [3.8, 4) is 17.2 Å². The molecule has 11 nitrogen and oxygen atoms in total. The molecule has 0 aliphatic carbocycles. The number of H-pyrrole nitrogens is 1. The van der Waals surface area contributed by atoms with E-state index in [1.807, 2.05) is 12.1 Å². The number of ketones is 1. The lowest BCUT2D eigenvalue weighted by molar-refractivity contribution is 0.0962. The van der Waals surface area contributed by atoms with Crippen molar-refractivity contribution in [1.29, 1.82) is 5.41 Å². The fraction of sp³-hybridized carbons (Fsp3) is 0.423. The first-order valence-corrected chi connectivity index (χ1v) is 12.2. The molecule has 2 aromatic carbocycles. The van der Waals surface area contributed by atoms with Crippen molar-refractivity contribution in [1.82, 2.24) is 25.5 Å². The number of hydrogen-bond acceptors (Lipinski definition) is 9. The number of anilines is 1. The highest BCUT2D eigenvalue weighted by Crippen LogP contribution is 2.43. The summed E-state index contributed by atoms with van der Waals surface area (Å²) in [7, 11) is 2.78. The summed E-state index contributed by atoms with van der Waals surface area (Å²) < 4.78 is 31.7. The number of aromatic nitrogens is 4. The lowest BCUT2D eigenvalue weighted by Gasteiger charge is -2.35. The number of carbonyl (C=O) groups excluding carboxylic acids is 1. The first kappa shape index (κ1) is 28.3. The normalized spacial score (nSPS) is 14.4. The van der Waals surface area contributed by atoms with E-state index in [1.54, 1.807) is 11.0 Å². The summed E-state index contributed by atoms with van der Waals surface area (Å²) >= 11 is 0. The minimum absolute atomic E-state index is 0. The van der Waals surface area contributed by atoms with Crippen molar-refractivity contribution in [2.24, 2.45) is 0 Å². The van der Waals surface area contributed by atoms with Crippen LogP contribution in [-0.2, 0) is 18.5 Å². The zero-order valence-corrected chi connectivity index (χ0v) is 24.1. The molecule has 2 aliphatic heterocycles. The van der Waals surface area contributed by atoms with Gasteiger partial charge in [-0.05, 0) is 39.6 Å². The number of benzene rings is 2. The molecule has 2 N–H and O–H groups in total. The molecule has 39 heavy (non-hydrogen) atoms. The van der Waals surface area contributed by atoms with Gasteiger partial charge >= 0.3 is 0 Å². The Morgan fingerprint density at radius 1 is 1.21 bits per heavy atom. The second-order valence-electron chi connectivity index (χ2n) is 10.3. The maximum atomic E-state index is 15.2. The van der Waals surface area contributed by atoms with Gasteiger partial charge in [0.25, 0.3) is 0 Å². The van der Waals surface area contributed by atoms with Crippen LogP contribution in [0.25, 0.3) is 0 Å². The van der Waals surface area contributed by atoms with Crippen LogP contribution in [0.5, 0.6) is 17.2 Å². The van der Waals surface area contributed by atoms with Gasteiger partial charge in [-0.15, -0.1) is 22.1 Å². The number of amidine groups is 1. The molecule has 3 heterocycles. The van der Waals surface area contributed by atoms with Crippen LogP contribution >= 0.6 is 17.0 Å². The predicted octanol–water partition coefficient (Wildman–Crippen LogP) is 3.65. The number of Topliss-reactive ketones (excluding diaryl/α,β-unsaturated/α-hetero) is 1. The molecule has 0 spiro atoms. The van der Waals surface area contributed by atoms with Crippen LogP contribution in [0.15, 0.2) is 18.2 Å². The van der Waals surface area contributed by atoms with Crippen molar-refractivity contribution in [3.05, 3.63) is 52.1 Å². The number of ether oxygens (including phenoxy) is 3. The minimum Gasteiger partial charge on any atom is -0.493 e. The van der Waals surface area contributed by atoms with Crippen molar-refractivity contribution < 1.29 is 23.4 Å². The lowest BCUT2D eigenvalue weighted by Crippen LogP contribution is -2.35. The molecule has 13 heteroatoms. The molecule has 1 aromatic heterocycles. The Labute approximate surface area is 235 Å². The summed E-state index contributed by atoms with van der Waals surface area (Å²) in [6.07, 6.45) is 0. The third-order valence-corrected chi connectivity index (χ3v) is 6.82. The van der Waals surface area contributed by atoms with E-state index < -0.39 is 5.82 Å². The maximum absolute atomic E-state index is 15.2. The first-order chi connectivity index (χ1) is 18.1. The van der Waals surface area contributed by atoms with Gasteiger partial charge in [0.05, 0.1) is 45.1 Å². The molecular formula is C26H31BrFN7O4. The molecule has 0 fully saturated rings. The van der Waals surface area contributed by atoms with Crippen LogP contribution < -0.4 is 19.1 Å². The van der Waals surface area contributed by atoms with E-state index in [4.69, 9.17) is 19.6 Å². The van der Waals surface area contributed by atoms with Gasteiger partial charge in [-0.25, -0.2) is 9.49 Å². The second-order valence-corrected chi connectivity index (χ2v) is 10.3. The molecule has 0 atom stereocenters. The van der Waals surface area contributed by atoms with Gasteiger partial charge in [-0.2, -0.15) is 0 Å². The van der Waals surface area contributed by atoms with E-state index >= 15 is 4.39 Å². The van der Waals surface area contributed by atoms with Gasteiger partial charge in [-0.3, -0.25) is 10.2 Å². The summed E-state index contributed by atoms with van der Waals surface area (Å²) in [4.78, 5) is 17.3. The first-order valence-electron chi connectivity index (χ1n) is 12.2. The van der Waals surface area contributed by atoms with Crippen LogP contribution in [0.1, 0.15) is 53.6 Å². The molecule has 0 saturated heterocycles. The Kier molecular flexibility index (Phi) is 7.82. The smallest absolute Gasteiger partial charge is 0.197 e. The average Bonchev–Trinajstić information content (AvgIpc) is 3.50. The Bertz CT molecular complexity index is 1410. The lowest BCUT2D eigenvalue weighted by atomic mass is 9.84. The van der Waals surface area contributed by atoms with E-state index in [1.165, 1.54) is 14.2 Å². The Morgan fingerprint density at radius 2 is 1.97 bits per heavy atom. The Morgan fingerprint density at radius 3 is 2.62 bits per heavy atom. The fourth-order valence-corrected chi connectivity index (χ4v) is 4.91. The van der Waals surface area contributed by atoms with Gasteiger partial charge in [0, 0.05) is 17.7 Å². The second kappa shape index (κ2) is 10.8. The van der Waals surface area contributed by atoms with Gasteiger partial charge < -0.3 is 24.0 Å². The number of halogens is 2. The van der Waals surface area contributed by atoms with E-state index in [0.29, 0.717) is 36.6 Å². The van der Waals surface area contributed by atoms with E-state index in [2.05, 4.69) is 46.3 Å². The van der Waals surface area contributed by atoms with Crippen LogP contribution in [0, 0.1) is 11.2 Å². The Hall–Kier alpha value is -3.74.